The van der Waals surface area contributed by atoms with E-state index in [2.05, 4.69) is 10.3 Å². The number of nitrogens with one attached hydrogen (secondary N) is 1. The number of aromatic nitrogens is 1. The van der Waals surface area contributed by atoms with Crippen LogP contribution in [0.2, 0.25) is 0 Å². The van der Waals surface area contributed by atoms with Crippen molar-refractivity contribution >= 4 is 11.8 Å². The van der Waals surface area contributed by atoms with Crippen LogP contribution in [0.4, 0.5) is 0 Å². The predicted octanol–water partition coefficient (Wildman–Crippen LogP) is 2.91. The zero-order chi connectivity index (χ0) is 21.0. The second-order valence-corrected chi connectivity index (χ2v) is 7.82. The van der Waals surface area contributed by atoms with Crippen molar-refractivity contribution in [3.63, 3.8) is 0 Å². The third kappa shape index (κ3) is 4.03. The summed E-state index contributed by atoms with van der Waals surface area (Å²) in [5.74, 6) is 0.198. The van der Waals surface area contributed by atoms with E-state index in [0.717, 1.165) is 37.7 Å². The highest BCUT2D eigenvalue weighted by molar-refractivity contribution is 5.98. The van der Waals surface area contributed by atoms with Gasteiger partial charge in [-0.3, -0.25) is 19.5 Å². The first-order valence-corrected chi connectivity index (χ1v) is 10.4. The molecule has 0 radical (unpaired) electrons. The molecular weight excluding hydrogens is 382 g/mol. The number of hydrogen-bond donors (Lipinski definition) is 1. The van der Waals surface area contributed by atoms with Crippen LogP contribution in [-0.4, -0.2) is 47.2 Å². The minimum absolute atomic E-state index is 0.199. The molecule has 2 heterocycles. The third-order valence-corrected chi connectivity index (χ3v) is 5.92. The number of carbonyl (C=O) groups excluding carboxylic acids is 2. The van der Waals surface area contributed by atoms with Gasteiger partial charge in [-0.1, -0.05) is 18.6 Å². The quantitative estimate of drug-likeness (QED) is 0.821. The lowest BCUT2D eigenvalue weighted by Gasteiger charge is -2.41. The van der Waals surface area contributed by atoms with Crippen molar-refractivity contribution in [3.05, 3.63) is 59.9 Å². The van der Waals surface area contributed by atoms with Crippen molar-refractivity contribution in [2.24, 2.45) is 0 Å². The van der Waals surface area contributed by atoms with Gasteiger partial charge in [0.05, 0.1) is 13.7 Å². The van der Waals surface area contributed by atoms with E-state index in [9.17, 15) is 9.59 Å². The van der Waals surface area contributed by atoms with Crippen LogP contribution < -0.4 is 10.1 Å². The first-order chi connectivity index (χ1) is 14.6. The summed E-state index contributed by atoms with van der Waals surface area (Å²) in [6, 6.07) is 10.1. The fraction of sp³-hybridized carbons (Fsp3) is 0.435. The van der Waals surface area contributed by atoms with Crippen LogP contribution >= 0.6 is 0 Å². The maximum atomic E-state index is 13.6. The average molecular weight is 409 g/mol. The molecule has 1 aliphatic heterocycles. The number of ether oxygens (including phenoxy) is 2. The molecule has 30 heavy (non-hydrogen) atoms. The first-order valence-electron chi connectivity index (χ1n) is 10.4. The summed E-state index contributed by atoms with van der Waals surface area (Å²) < 4.78 is 11.5. The molecule has 1 saturated heterocycles. The Morgan fingerprint density at radius 3 is 2.80 bits per heavy atom. The van der Waals surface area contributed by atoms with Gasteiger partial charge in [-0.05, 0) is 55.5 Å². The molecular formula is C23H27N3O4. The van der Waals surface area contributed by atoms with Crippen LogP contribution in [-0.2, 0) is 16.1 Å². The summed E-state index contributed by atoms with van der Waals surface area (Å²) in [5, 5.41) is 2.94. The maximum Gasteiger partial charge on any atom is 0.257 e. The molecule has 1 saturated carbocycles. The molecule has 4 rings (SSSR count). The van der Waals surface area contributed by atoms with Crippen LogP contribution in [0, 0.1) is 0 Å². The molecule has 2 aliphatic rings. The standard InChI is InChI=1S/C23H27N3O4/c1-29-19-9-5-8-18(13-19)22(28)26-20(16-30-23(26)10-3-2-4-11-23)21(27)25-15-17-7-6-12-24-14-17/h5-9,12-14,20H,2-4,10-11,15-16H2,1H3,(H,25,27). The van der Waals surface area contributed by atoms with Crippen molar-refractivity contribution in [1.29, 1.82) is 0 Å². The van der Waals surface area contributed by atoms with Crippen LogP contribution in [0.3, 0.4) is 0 Å². The molecule has 2 aromatic rings. The minimum Gasteiger partial charge on any atom is -0.497 e. The molecule has 1 aromatic carbocycles. The van der Waals surface area contributed by atoms with Crippen molar-refractivity contribution in [1.82, 2.24) is 15.2 Å². The Kier molecular flexibility index (Phi) is 5.99. The first kappa shape index (κ1) is 20.3. The molecule has 158 valence electrons. The number of amides is 2. The van der Waals surface area contributed by atoms with E-state index < -0.39 is 11.8 Å². The summed E-state index contributed by atoms with van der Waals surface area (Å²) in [6.45, 7) is 0.561. The Balaban J connectivity index is 1.58. The number of carbonyl (C=O) groups is 2. The fourth-order valence-corrected chi connectivity index (χ4v) is 4.38. The molecule has 1 N–H and O–H groups in total. The monoisotopic (exact) mass is 409 g/mol. The predicted molar refractivity (Wildman–Crippen MR) is 111 cm³/mol. The van der Waals surface area contributed by atoms with Gasteiger partial charge >= 0.3 is 0 Å². The Labute approximate surface area is 176 Å². The van der Waals surface area contributed by atoms with Crippen LogP contribution in [0.1, 0.15) is 48.0 Å². The van der Waals surface area contributed by atoms with Gasteiger partial charge in [-0.15, -0.1) is 0 Å². The van der Waals surface area contributed by atoms with Gasteiger partial charge in [0.15, 0.2) is 0 Å². The minimum atomic E-state index is -0.714. The van der Waals surface area contributed by atoms with E-state index in [4.69, 9.17) is 9.47 Å². The number of benzene rings is 1. The highest BCUT2D eigenvalue weighted by Gasteiger charge is 2.52. The maximum absolute atomic E-state index is 13.6. The van der Waals surface area contributed by atoms with E-state index in [1.54, 1.807) is 48.7 Å². The molecule has 1 atom stereocenters. The van der Waals surface area contributed by atoms with Gasteiger partial charge in [0.1, 0.15) is 17.5 Å². The second kappa shape index (κ2) is 8.83. The summed E-state index contributed by atoms with van der Waals surface area (Å²) in [6.07, 6.45) is 7.97. The summed E-state index contributed by atoms with van der Waals surface area (Å²) in [5.41, 5.74) is 0.687. The lowest BCUT2D eigenvalue weighted by atomic mass is 9.89. The molecule has 0 bridgehead atoms. The van der Waals surface area contributed by atoms with Gasteiger partial charge in [0.2, 0.25) is 5.91 Å². The van der Waals surface area contributed by atoms with Crippen LogP contribution in [0.25, 0.3) is 0 Å². The highest BCUT2D eigenvalue weighted by atomic mass is 16.5. The Morgan fingerprint density at radius 2 is 2.07 bits per heavy atom. The zero-order valence-corrected chi connectivity index (χ0v) is 17.2. The number of hydrogen-bond acceptors (Lipinski definition) is 5. The number of methoxy groups -OCH3 is 1. The zero-order valence-electron chi connectivity index (χ0n) is 17.2. The Hall–Kier alpha value is -2.93. The van der Waals surface area contributed by atoms with Gasteiger partial charge < -0.3 is 14.8 Å². The highest BCUT2D eigenvalue weighted by Crippen LogP contribution is 2.41. The SMILES string of the molecule is COc1cccc(C(=O)N2C(C(=O)NCc3cccnc3)COC23CCCCC3)c1. The lowest BCUT2D eigenvalue weighted by molar-refractivity contribution is -0.127. The summed E-state index contributed by atoms with van der Waals surface area (Å²) >= 11 is 0. The fourth-order valence-electron chi connectivity index (χ4n) is 4.38. The summed E-state index contributed by atoms with van der Waals surface area (Å²) in [4.78, 5) is 32.4. The van der Waals surface area contributed by atoms with Gasteiger partial charge in [0.25, 0.3) is 5.91 Å². The third-order valence-electron chi connectivity index (χ3n) is 5.92. The molecule has 7 heteroatoms. The molecule has 2 fully saturated rings. The summed E-state index contributed by atoms with van der Waals surface area (Å²) in [7, 11) is 1.57. The Bertz CT molecular complexity index is 896. The lowest BCUT2D eigenvalue weighted by Crippen LogP contribution is -2.56. The molecule has 1 spiro atoms. The van der Waals surface area contributed by atoms with E-state index in [1.807, 2.05) is 12.1 Å². The topological polar surface area (TPSA) is 80.8 Å². The molecule has 1 aromatic heterocycles. The molecule has 7 nitrogen and oxygen atoms in total. The van der Waals surface area contributed by atoms with Crippen LogP contribution in [0.15, 0.2) is 48.8 Å². The van der Waals surface area contributed by atoms with Crippen molar-refractivity contribution in [3.8, 4) is 5.75 Å². The number of nitrogens with zero attached hydrogens (tertiary/aromatic N) is 2. The average Bonchev–Trinajstić information content (AvgIpc) is 3.16. The van der Waals surface area contributed by atoms with Crippen LogP contribution in [0.5, 0.6) is 5.75 Å². The largest absolute Gasteiger partial charge is 0.497 e. The second-order valence-electron chi connectivity index (χ2n) is 7.82. The van der Waals surface area contributed by atoms with Crippen molar-refractivity contribution in [2.75, 3.05) is 13.7 Å². The smallest absolute Gasteiger partial charge is 0.257 e. The Morgan fingerprint density at radius 1 is 1.23 bits per heavy atom. The number of rotatable bonds is 5. The van der Waals surface area contributed by atoms with Crippen molar-refractivity contribution < 1.29 is 19.1 Å². The van der Waals surface area contributed by atoms with Gasteiger partial charge in [-0.2, -0.15) is 0 Å². The van der Waals surface area contributed by atoms with Gasteiger partial charge in [0, 0.05) is 24.5 Å². The van der Waals surface area contributed by atoms with E-state index >= 15 is 0 Å². The van der Waals surface area contributed by atoms with E-state index in [-0.39, 0.29) is 18.4 Å². The normalized spacial score (nSPS) is 20.2. The van der Waals surface area contributed by atoms with E-state index in [1.165, 1.54) is 0 Å². The van der Waals surface area contributed by atoms with E-state index in [0.29, 0.717) is 17.9 Å². The van der Waals surface area contributed by atoms with Gasteiger partial charge in [-0.25, -0.2) is 0 Å². The molecule has 2 amide bonds. The molecule has 1 aliphatic carbocycles. The molecule has 1 unspecified atom stereocenters. The van der Waals surface area contributed by atoms with Crippen molar-refractivity contribution in [2.45, 2.75) is 50.4 Å². The number of pyridine rings is 1.